The zero-order chi connectivity index (χ0) is 18.0. The number of carbonyl (C=O) groups excluding carboxylic acids is 2. The van der Waals surface area contributed by atoms with Gasteiger partial charge in [0.2, 0.25) is 11.8 Å². The van der Waals surface area contributed by atoms with Crippen molar-refractivity contribution in [3.8, 4) is 5.75 Å². The number of anilines is 1. The van der Waals surface area contributed by atoms with Crippen LogP contribution in [0.15, 0.2) is 18.2 Å². The third kappa shape index (κ3) is 3.76. The van der Waals surface area contributed by atoms with Gasteiger partial charge in [-0.15, -0.1) is 0 Å². The van der Waals surface area contributed by atoms with Gasteiger partial charge < -0.3 is 15.0 Å². The Morgan fingerprint density at radius 1 is 1.32 bits per heavy atom. The minimum atomic E-state index is -0.0786. The number of hydrogen-bond donors (Lipinski definition) is 1. The average molecular weight is 361 g/mol. The highest BCUT2D eigenvalue weighted by atomic mass is 32.1. The molecule has 1 N–H and O–H groups in total. The van der Waals surface area contributed by atoms with E-state index < -0.39 is 0 Å². The van der Waals surface area contributed by atoms with Crippen molar-refractivity contribution in [1.29, 1.82) is 0 Å². The monoisotopic (exact) mass is 361 g/mol. The van der Waals surface area contributed by atoms with E-state index in [1.54, 1.807) is 7.11 Å². The Bertz CT molecular complexity index is 779. The van der Waals surface area contributed by atoms with E-state index in [0.717, 1.165) is 10.2 Å². The lowest BCUT2D eigenvalue weighted by Crippen LogP contribution is -2.43. The summed E-state index contributed by atoms with van der Waals surface area (Å²) in [6, 6.07) is 5.72. The molecule has 0 unspecified atom stereocenters. The Balaban J connectivity index is 1.63. The fourth-order valence-corrected chi connectivity index (χ4v) is 3.96. The van der Waals surface area contributed by atoms with E-state index in [1.165, 1.54) is 11.3 Å². The number of aromatic nitrogens is 1. The maximum Gasteiger partial charge on any atom is 0.229 e. The zero-order valence-corrected chi connectivity index (χ0v) is 15.6. The molecule has 0 spiro atoms. The van der Waals surface area contributed by atoms with Crippen LogP contribution >= 0.6 is 11.3 Å². The summed E-state index contributed by atoms with van der Waals surface area (Å²) in [6.45, 7) is 5.09. The van der Waals surface area contributed by atoms with E-state index in [0.29, 0.717) is 36.8 Å². The molecule has 2 aromatic rings. The van der Waals surface area contributed by atoms with Crippen molar-refractivity contribution in [2.24, 2.45) is 11.8 Å². The summed E-state index contributed by atoms with van der Waals surface area (Å²) in [5.74, 6) is 0.773. The number of rotatable bonds is 4. The average Bonchev–Trinajstić information content (AvgIpc) is 3.03. The number of hydrogen-bond acceptors (Lipinski definition) is 5. The van der Waals surface area contributed by atoms with E-state index in [4.69, 9.17) is 4.74 Å². The maximum absolute atomic E-state index is 12.5. The van der Waals surface area contributed by atoms with Crippen molar-refractivity contribution in [3.05, 3.63) is 18.2 Å². The first-order valence-electron chi connectivity index (χ1n) is 8.52. The van der Waals surface area contributed by atoms with E-state index in [9.17, 15) is 9.59 Å². The Morgan fingerprint density at radius 2 is 2.04 bits per heavy atom. The first kappa shape index (κ1) is 17.7. The van der Waals surface area contributed by atoms with Crippen LogP contribution in [0.1, 0.15) is 26.7 Å². The molecule has 2 amide bonds. The number of amides is 2. The predicted octanol–water partition coefficient (Wildman–Crippen LogP) is 3.14. The van der Waals surface area contributed by atoms with Crippen LogP contribution in [0, 0.1) is 11.8 Å². The highest BCUT2D eigenvalue weighted by Crippen LogP contribution is 2.32. The summed E-state index contributed by atoms with van der Waals surface area (Å²) < 4.78 is 6.29. The van der Waals surface area contributed by atoms with Gasteiger partial charge in [0.15, 0.2) is 5.13 Å². The molecule has 0 aliphatic carbocycles. The molecule has 0 atom stereocenters. The first-order chi connectivity index (χ1) is 12.0. The van der Waals surface area contributed by atoms with Crippen LogP contribution in [-0.2, 0) is 9.59 Å². The van der Waals surface area contributed by atoms with Crippen molar-refractivity contribution in [1.82, 2.24) is 9.88 Å². The van der Waals surface area contributed by atoms with Crippen molar-refractivity contribution < 1.29 is 14.3 Å². The number of piperidine rings is 1. The van der Waals surface area contributed by atoms with Gasteiger partial charge in [-0.3, -0.25) is 9.59 Å². The Hall–Kier alpha value is -2.15. The molecule has 134 valence electrons. The molecule has 1 fully saturated rings. The fraction of sp³-hybridized carbons (Fsp3) is 0.500. The third-order valence-electron chi connectivity index (χ3n) is 4.50. The second kappa shape index (κ2) is 7.39. The molecular formula is C18H23N3O3S. The lowest BCUT2D eigenvalue weighted by atomic mass is 9.95. The molecule has 1 saturated heterocycles. The molecule has 6 nitrogen and oxygen atoms in total. The SMILES string of the molecule is COc1cccc2sc(NC(=O)C3CCN(C(=O)C(C)C)CC3)nc12. The number of benzene rings is 1. The van der Waals surface area contributed by atoms with E-state index in [1.807, 2.05) is 36.9 Å². The second-order valence-electron chi connectivity index (χ2n) is 6.57. The van der Waals surface area contributed by atoms with Gasteiger partial charge in [-0.2, -0.15) is 0 Å². The van der Waals surface area contributed by atoms with Gasteiger partial charge in [0.1, 0.15) is 11.3 Å². The molecule has 0 radical (unpaired) electrons. The summed E-state index contributed by atoms with van der Waals surface area (Å²) in [4.78, 5) is 30.9. The van der Waals surface area contributed by atoms with Crippen LogP contribution in [0.5, 0.6) is 5.75 Å². The largest absolute Gasteiger partial charge is 0.494 e. The Labute approximate surface area is 151 Å². The lowest BCUT2D eigenvalue weighted by Gasteiger charge is -2.32. The standard InChI is InChI=1S/C18H23N3O3S/c1-11(2)17(23)21-9-7-12(8-10-21)16(22)20-18-19-15-13(24-3)5-4-6-14(15)25-18/h4-6,11-12H,7-10H2,1-3H3,(H,19,20,22). The fourth-order valence-electron chi connectivity index (χ4n) is 3.08. The van der Waals surface area contributed by atoms with Gasteiger partial charge in [-0.05, 0) is 25.0 Å². The summed E-state index contributed by atoms with van der Waals surface area (Å²) >= 11 is 1.44. The zero-order valence-electron chi connectivity index (χ0n) is 14.7. The van der Waals surface area contributed by atoms with Crippen molar-refractivity contribution in [3.63, 3.8) is 0 Å². The number of carbonyl (C=O) groups is 2. The summed E-state index contributed by atoms with van der Waals surface area (Å²) in [6.07, 6.45) is 1.39. The predicted molar refractivity (Wildman–Crippen MR) is 98.9 cm³/mol. The first-order valence-corrected chi connectivity index (χ1v) is 9.34. The Kier molecular flexibility index (Phi) is 5.22. The summed E-state index contributed by atoms with van der Waals surface area (Å²) in [5.41, 5.74) is 0.766. The number of para-hydroxylation sites is 1. The molecule has 1 aliphatic rings. The van der Waals surface area contributed by atoms with Crippen LogP contribution < -0.4 is 10.1 Å². The number of thiazole rings is 1. The van der Waals surface area contributed by atoms with Crippen molar-refractivity contribution in [2.75, 3.05) is 25.5 Å². The smallest absolute Gasteiger partial charge is 0.229 e. The summed E-state index contributed by atoms with van der Waals surface area (Å²) in [5, 5.41) is 3.52. The van der Waals surface area contributed by atoms with Crippen molar-refractivity contribution in [2.45, 2.75) is 26.7 Å². The van der Waals surface area contributed by atoms with E-state index >= 15 is 0 Å². The molecule has 0 bridgehead atoms. The minimum absolute atomic E-state index is 0.00288. The topological polar surface area (TPSA) is 71.5 Å². The van der Waals surface area contributed by atoms with Gasteiger partial charge in [0, 0.05) is 24.9 Å². The summed E-state index contributed by atoms with van der Waals surface area (Å²) in [7, 11) is 1.61. The van der Waals surface area contributed by atoms with Gasteiger partial charge in [-0.1, -0.05) is 31.3 Å². The number of nitrogens with one attached hydrogen (secondary N) is 1. The highest BCUT2D eigenvalue weighted by Gasteiger charge is 2.28. The molecule has 0 saturated carbocycles. The van der Waals surface area contributed by atoms with Crippen LogP contribution in [-0.4, -0.2) is 41.9 Å². The molecule has 1 aromatic carbocycles. The lowest BCUT2D eigenvalue weighted by molar-refractivity contribution is -0.137. The van der Waals surface area contributed by atoms with Gasteiger partial charge >= 0.3 is 0 Å². The van der Waals surface area contributed by atoms with Crippen LogP contribution in [0.3, 0.4) is 0 Å². The van der Waals surface area contributed by atoms with Crippen LogP contribution in [0.2, 0.25) is 0 Å². The quantitative estimate of drug-likeness (QED) is 0.908. The normalized spacial score (nSPS) is 15.6. The molecule has 2 heterocycles. The van der Waals surface area contributed by atoms with E-state index in [2.05, 4.69) is 10.3 Å². The van der Waals surface area contributed by atoms with Gasteiger partial charge in [0.05, 0.1) is 11.8 Å². The molecule has 3 rings (SSSR count). The van der Waals surface area contributed by atoms with Gasteiger partial charge in [-0.25, -0.2) is 4.98 Å². The molecular weight excluding hydrogens is 338 g/mol. The number of ether oxygens (including phenoxy) is 1. The molecule has 25 heavy (non-hydrogen) atoms. The van der Waals surface area contributed by atoms with Gasteiger partial charge in [0.25, 0.3) is 0 Å². The number of nitrogens with zero attached hydrogens (tertiary/aromatic N) is 2. The molecule has 7 heteroatoms. The van der Waals surface area contributed by atoms with Crippen LogP contribution in [0.4, 0.5) is 5.13 Å². The number of fused-ring (bicyclic) bond motifs is 1. The Morgan fingerprint density at radius 3 is 2.68 bits per heavy atom. The number of methoxy groups -OCH3 is 1. The van der Waals surface area contributed by atoms with E-state index in [-0.39, 0.29) is 23.7 Å². The number of likely N-dealkylation sites (tertiary alicyclic amines) is 1. The minimum Gasteiger partial charge on any atom is -0.494 e. The molecule has 1 aliphatic heterocycles. The van der Waals surface area contributed by atoms with Crippen LogP contribution in [0.25, 0.3) is 10.2 Å². The third-order valence-corrected chi connectivity index (χ3v) is 5.44. The second-order valence-corrected chi connectivity index (χ2v) is 7.60. The van der Waals surface area contributed by atoms with Crippen molar-refractivity contribution >= 4 is 38.5 Å². The molecule has 1 aromatic heterocycles. The highest BCUT2D eigenvalue weighted by molar-refractivity contribution is 7.22. The maximum atomic E-state index is 12.5.